The third-order valence-corrected chi connectivity index (χ3v) is 4.04. The quantitative estimate of drug-likeness (QED) is 0.883. The van der Waals surface area contributed by atoms with Gasteiger partial charge in [-0.2, -0.15) is 0 Å². The molecule has 2 rings (SSSR count). The van der Waals surface area contributed by atoms with E-state index in [1.54, 1.807) is 12.1 Å². The van der Waals surface area contributed by atoms with E-state index in [0.29, 0.717) is 5.02 Å². The molecule has 1 aromatic carbocycles. The highest BCUT2D eigenvalue weighted by molar-refractivity contribution is 6.30. The fourth-order valence-electron chi connectivity index (χ4n) is 2.48. The number of benzene rings is 1. The zero-order valence-corrected chi connectivity index (χ0v) is 11.4. The van der Waals surface area contributed by atoms with Crippen LogP contribution < -0.4 is 10.6 Å². The summed E-state index contributed by atoms with van der Waals surface area (Å²) in [5, 5.41) is 6.94. The molecule has 18 heavy (non-hydrogen) atoms. The van der Waals surface area contributed by atoms with Crippen LogP contribution in [0.15, 0.2) is 24.3 Å². The van der Waals surface area contributed by atoms with Gasteiger partial charge in [0.25, 0.3) is 0 Å². The van der Waals surface area contributed by atoms with Gasteiger partial charge >= 0.3 is 0 Å². The van der Waals surface area contributed by atoms with E-state index in [9.17, 15) is 4.79 Å². The van der Waals surface area contributed by atoms with Crippen LogP contribution >= 0.6 is 11.6 Å². The lowest BCUT2D eigenvalue weighted by atomic mass is 9.76. The number of nitrogens with one attached hydrogen (secondary N) is 2. The number of amides is 1. The normalized spacial score (nSPS) is 18.3. The van der Waals surface area contributed by atoms with Gasteiger partial charge in [-0.05, 0) is 50.6 Å². The maximum atomic E-state index is 12.4. The van der Waals surface area contributed by atoms with Crippen molar-refractivity contribution in [1.82, 2.24) is 5.32 Å². The predicted octanol–water partition coefficient (Wildman–Crippen LogP) is 3.06. The van der Waals surface area contributed by atoms with Crippen LogP contribution in [0, 0.1) is 5.41 Å². The highest BCUT2D eigenvalue weighted by Gasteiger charge is 2.37. The summed E-state index contributed by atoms with van der Waals surface area (Å²) in [7, 11) is 0. The second-order valence-corrected chi connectivity index (χ2v) is 5.28. The summed E-state index contributed by atoms with van der Waals surface area (Å²) in [6.07, 6.45) is 2.67. The number of piperidine rings is 1. The van der Waals surface area contributed by atoms with Gasteiger partial charge in [0.2, 0.25) is 5.91 Å². The van der Waals surface area contributed by atoms with E-state index < -0.39 is 0 Å². The van der Waals surface area contributed by atoms with Crippen molar-refractivity contribution < 1.29 is 4.79 Å². The van der Waals surface area contributed by atoms with Crippen molar-refractivity contribution in [3.8, 4) is 0 Å². The van der Waals surface area contributed by atoms with E-state index in [4.69, 9.17) is 11.6 Å². The Balaban J connectivity index is 2.10. The molecule has 0 radical (unpaired) electrons. The van der Waals surface area contributed by atoms with Crippen LogP contribution in [0.25, 0.3) is 0 Å². The molecule has 0 unspecified atom stereocenters. The number of hydrogen-bond donors (Lipinski definition) is 2. The van der Waals surface area contributed by atoms with Crippen LogP contribution in [-0.2, 0) is 4.79 Å². The molecule has 0 aromatic heterocycles. The first-order valence-corrected chi connectivity index (χ1v) is 6.82. The standard InChI is InChI=1S/C14H19ClN2O/c1-2-14(6-8-16-9-7-14)13(18)17-12-5-3-4-11(15)10-12/h3-5,10,16H,2,6-9H2,1H3,(H,17,18). The van der Waals surface area contributed by atoms with E-state index in [0.717, 1.165) is 38.0 Å². The maximum Gasteiger partial charge on any atom is 0.230 e. The van der Waals surface area contributed by atoms with Crippen LogP contribution in [0.4, 0.5) is 5.69 Å². The molecule has 1 aromatic rings. The first kappa shape index (κ1) is 13.4. The largest absolute Gasteiger partial charge is 0.326 e. The Morgan fingerprint density at radius 3 is 2.78 bits per heavy atom. The Kier molecular flexibility index (Phi) is 4.25. The van der Waals surface area contributed by atoms with Gasteiger partial charge in [-0.3, -0.25) is 4.79 Å². The van der Waals surface area contributed by atoms with Crippen molar-refractivity contribution in [3.63, 3.8) is 0 Å². The average molecular weight is 267 g/mol. The van der Waals surface area contributed by atoms with E-state index in [1.807, 2.05) is 12.1 Å². The first-order chi connectivity index (χ1) is 8.66. The minimum absolute atomic E-state index is 0.119. The Bertz CT molecular complexity index is 428. The van der Waals surface area contributed by atoms with E-state index in [2.05, 4.69) is 17.6 Å². The van der Waals surface area contributed by atoms with Crippen molar-refractivity contribution in [2.24, 2.45) is 5.41 Å². The van der Waals surface area contributed by atoms with E-state index in [1.165, 1.54) is 0 Å². The highest BCUT2D eigenvalue weighted by atomic mass is 35.5. The summed E-state index contributed by atoms with van der Waals surface area (Å²) < 4.78 is 0. The predicted molar refractivity (Wildman–Crippen MR) is 74.9 cm³/mol. The Labute approximate surface area is 113 Å². The molecule has 1 aliphatic heterocycles. The number of carbonyl (C=O) groups excluding carboxylic acids is 1. The molecule has 0 atom stereocenters. The van der Waals surface area contributed by atoms with Gasteiger partial charge < -0.3 is 10.6 Å². The summed E-state index contributed by atoms with van der Waals surface area (Å²) in [5.74, 6) is 0.119. The molecular formula is C14H19ClN2O. The van der Waals surface area contributed by atoms with Crippen molar-refractivity contribution in [2.75, 3.05) is 18.4 Å². The van der Waals surface area contributed by atoms with Crippen molar-refractivity contribution in [2.45, 2.75) is 26.2 Å². The van der Waals surface area contributed by atoms with Gasteiger partial charge in [-0.1, -0.05) is 24.6 Å². The van der Waals surface area contributed by atoms with Crippen LogP contribution in [-0.4, -0.2) is 19.0 Å². The molecule has 3 nitrogen and oxygen atoms in total. The fraction of sp³-hybridized carbons (Fsp3) is 0.500. The molecule has 1 aliphatic rings. The third-order valence-electron chi connectivity index (χ3n) is 3.80. The Morgan fingerprint density at radius 2 is 2.17 bits per heavy atom. The lowest BCUT2D eigenvalue weighted by Crippen LogP contribution is -2.44. The zero-order chi connectivity index (χ0) is 13.0. The second-order valence-electron chi connectivity index (χ2n) is 4.85. The molecular weight excluding hydrogens is 248 g/mol. The van der Waals surface area contributed by atoms with Crippen molar-refractivity contribution in [3.05, 3.63) is 29.3 Å². The van der Waals surface area contributed by atoms with E-state index in [-0.39, 0.29) is 11.3 Å². The van der Waals surface area contributed by atoms with Gasteiger partial charge in [0, 0.05) is 10.7 Å². The topological polar surface area (TPSA) is 41.1 Å². The number of hydrogen-bond acceptors (Lipinski definition) is 2. The number of rotatable bonds is 3. The summed E-state index contributed by atoms with van der Waals surface area (Å²) in [6, 6.07) is 7.30. The molecule has 1 saturated heterocycles. The fourth-order valence-corrected chi connectivity index (χ4v) is 2.67. The molecule has 1 heterocycles. The zero-order valence-electron chi connectivity index (χ0n) is 10.6. The Hall–Kier alpha value is -1.06. The van der Waals surface area contributed by atoms with Crippen LogP contribution in [0.2, 0.25) is 5.02 Å². The van der Waals surface area contributed by atoms with Gasteiger partial charge in [0.05, 0.1) is 5.41 Å². The van der Waals surface area contributed by atoms with Crippen LogP contribution in [0.3, 0.4) is 0 Å². The van der Waals surface area contributed by atoms with Crippen LogP contribution in [0.1, 0.15) is 26.2 Å². The lowest BCUT2D eigenvalue weighted by molar-refractivity contribution is -0.127. The number of anilines is 1. The summed E-state index contributed by atoms with van der Waals surface area (Å²) >= 11 is 5.92. The first-order valence-electron chi connectivity index (χ1n) is 6.44. The van der Waals surface area contributed by atoms with Crippen molar-refractivity contribution >= 4 is 23.2 Å². The number of halogens is 1. The molecule has 1 amide bonds. The van der Waals surface area contributed by atoms with Gasteiger partial charge in [0.15, 0.2) is 0 Å². The molecule has 1 fully saturated rings. The molecule has 98 valence electrons. The Morgan fingerprint density at radius 1 is 1.44 bits per heavy atom. The molecule has 0 aliphatic carbocycles. The minimum atomic E-state index is -0.229. The van der Waals surface area contributed by atoms with Gasteiger partial charge in [0.1, 0.15) is 0 Å². The maximum absolute atomic E-state index is 12.4. The SMILES string of the molecule is CCC1(C(=O)Nc2cccc(Cl)c2)CCNCC1. The summed E-state index contributed by atoms with van der Waals surface area (Å²) in [5.41, 5.74) is 0.548. The summed E-state index contributed by atoms with van der Waals surface area (Å²) in [6.45, 7) is 3.91. The molecule has 0 bridgehead atoms. The van der Waals surface area contributed by atoms with Crippen molar-refractivity contribution in [1.29, 1.82) is 0 Å². The van der Waals surface area contributed by atoms with Gasteiger partial charge in [-0.15, -0.1) is 0 Å². The molecule has 0 spiro atoms. The lowest BCUT2D eigenvalue weighted by Gasteiger charge is -2.35. The highest BCUT2D eigenvalue weighted by Crippen LogP contribution is 2.34. The average Bonchev–Trinajstić information content (AvgIpc) is 2.39. The third kappa shape index (κ3) is 2.85. The second kappa shape index (κ2) is 5.72. The molecule has 0 saturated carbocycles. The molecule has 2 N–H and O–H groups in total. The van der Waals surface area contributed by atoms with Crippen LogP contribution in [0.5, 0.6) is 0 Å². The van der Waals surface area contributed by atoms with Gasteiger partial charge in [-0.25, -0.2) is 0 Å². The monoisotopic (exact) mass is 266 g/mol. The molecule has 4 heteroatoms. The minimum Gasteiger partial charge on any atom is -0.326 e. The number of carbonyl (C=O) groups is 1. The van der Waals surface area contributed by atoms with E-state index >= 15 is 0 Å². The smallest absolute Gasteiger partial charge is 0.230 e. The summed E-state index contributed by atoms with van der Waals surface area (Å²) in [4.78, 5) is 12.4.